The highest BCUT2D eigenvalue weighted by molar-refractivity contribution is 5.78. The van der Waals surface area contributed by atoms with Crippen molar-refractivity contribution in [2.75, 3.05) is 37.0 Å². The molecule has 2 N–H and O–H groups in total. The number of nitrogens with two attached hydrogens (primary N) is 1. The molecule has 2 heterocycles. The molecule has 1 atom stereocenters. The molecule has 1 fully saturated rings. The van der Waals surface area contributed by atoms with Crippen LogP contribution in [0.15, 0.2) is 48.5 Å². The van der Waals surface area contributed by atoms with Crippen molar-refractivity contribution in [2.45, 2.75) is 31.4 Å². The number of anilines is 2. The van der Waals surface area contributed by atoms with Crippen LogP contribution in [0.2, 0.25) is 0 Å². The first kappa shape index (κ1) is 19.5. The third-order valence-corrected chi connectivity index (χ3v) is 6.25. The van der Waals surface area contributed by atoms with Crippen LogP contribution in [0.25, 0.3) is 6.08 Å². The number of hydrogen-bond acceptors (Lipinski definition) is 4. The fraction of sp³-hybridized carbons (Fsp3) is 0.375. The van der Waals surface area contributed by atoms with E-state index >= 15 is 0 Å². The largest absolute Gasteiger partial charge is 0.378 e. The summed E-state index contributed by atoms with van der Waals surface area (Å²) in [5.74, 6) is -0.312. The summed E-state index contributed by atoms with van der Waals surface area (Å²) in [4.78, 5) is 15.8. The summed E-state index contributed by atoms with van der Waals surface area (Å²) in [6.45, 7) is 5.96. The number of fused-ring (bicyclic) bond motifs is 3. The average molecular weight is 392 g/mol. The molecule has 0 radical (unpaired) electrons. The van der Waals surface area contributed by atoms with Gasteiger partial charge in [-0.15, -0.1) is 0 Å². The second-order valence-electron chi connectivity index (χ2n) is 8.64. The predicted molar refractivity (Wildman–Crippen MR) is 118 cm³/mol. The lowest BCUT2D eigenvalue weighted by molar-refractivity contribution is -0.117. The third-order valence-electron chi connectivity index (χ3n) is 6.25. The minimum Gasteiger partial charge on any atom is -0.378 e. The fourth-order valence-electron chi connectivity index (χ4n) is 4.62. The molecule has 0 aliphatic carbocycles. The van der Waals surface area contributed by atoms with E-state index in [2.05, 4.69) is 72.2 Å². The van der Waals surface area contributed by atoms with E-state index in [9.17, 15) is 4.79 Å². The maximum absolute atomic E-state index is 11.4. The van der Waals surface area contributed by atoms with Crippen LogP contribution in [0.1, 0.15) is 30.5 Å². The molecule has 4 rings (SSSR count). The van der Waals surface area contributed by atoms with Gasteiger partial charge in [-0.1, -0.05) is 44.2 Å². The zero-order valence-electron chi connectivity index (χ0n) is 17.6. The molecule has 1 saturated heterocycles. The lowest BCUT2D eigenvalue weighted by Crippen LogP contribution is -2.51. The Morgan fingerprint density at radius 2 is 1.93 bits per heavy atom. The van der Waals surface area contributed by atoms with E-state index < -0.39 is 5.72 Å². The van der Waals surface area contributed by atoms with Crippen molar-refractivity contribution >= 4 is 23.4 Å². The summed E-state index contributed by atoms with van der Waals surface area (Å²) in [5.41, 5.74) is 10.2. The average Bonchev–Trinajstić information content (AvgIpc) is 3.17. The highest BCUT2D eigenvalue weighted by Gasteiger charge is 2.59. The zero-order valence-corrected chi connectivity index (χ0v) is 17.6. The Bertz CT molecular complexity index is 963. The van der Waals surface area contributed by atoms with Crippen LogP contribution in [-0.4, -0.2) is 38.9 Å². The van der Waals surface area contributed by atoms with Gasteiger partial charge in [0, 0.05) is 37.4 Å². The molecule has 0 aromatic heterocycles. The summed E-state index contributed by atoms with van der Waals surface area (Å²) in [6, 6.07) is 14.7. The number of carbonyl (C=O) groups is 1. The van der Waals surface area contributed by atoms with Gasteiger partial charge in [-0.3, -0.25) is 4.79 Å². The first-order chi connectivity index (χ1) is 13.7. The van der Waals surface area contributed by atoms with E-state index in [-0.39, 0.29) is 17.7 Å². The minimum atomic E-state index is -0.541. The van der Waals surface area contributed by atoms with Crippen molar-refractivity contribution in [2.24, 2.45) is 5.73 Å². The summed E-state index contributed by atoms with van der Waals surface area (Å²) in [5, 5.41) is 0. The smallest absolute Gasteiger partial charge is 0.221 e. The van der Waals surface area contributed by atoms with Gasteiger partial charge in [0.1, 0.15) is 0 Å². The molecule has 152 valence electrons. The van der Waals surface area contributed by atoms with Crippen LogP contribution < -0.4 is 15.5 Å². The normalized spacial score (nSPS) is 22.0. The molecule has 5 heteroatoms. The summed E-state index contributed by atoms with van der Waals surface area (Å²) in [7, 11) is 4.08. The van der Waals surface area contributed by atoms with Crippen LogP contribution in [0.3, 0.4) is 0 Å². The SMILES string of the molecule is CN(C)c1ccc(C=CC23OCCN2c2ccc(CC(N)=O)cc2C3(C)C)cc1. The van der Waals surface area contributed by atoms with Crippen LogP contribution in [0.5, 0.6) is 0 Å². The van der Waals surface area contributed by atoms with E-state index in [4.69, 9.17) is 10.5 Å². The first-order valence-electron chi connectivity index (χ1n) is 10.0. The number of rotatable bonds is 5. The predicted octanol–water partition coefficient (Wildman–Crippen LogP) is 3.32. The molecule has 1 unspecified atom stereocenters. The number of carbonyl (C=O) groups excluding carboxylic acids is 1. The summed E-state index contributed by atoms with van der Waals surface area (Å²) in [6.07, 6.45) is 4.60. The van der Waals surface area contributed by atoms with Gasteiger partial charge in [0.15, 0.2) is 5.72 Å². The highest BCUT2D eigenvalue weighted by Crippen LogP contribution is 2.55. The Morgan fingerprint density at radius 1 is 1.21 bits per heavy atom. The van der Waals surface area contributed by atoms with Crippen LogP contribution >= 0.6 is 0 Å². The molecular weight excluding hydrogens is 362 g/mol. The standard InChI is InChI=1S/C24H29N3O2/c1-23(2)20-15-18(16-22(25)28)7-10-21(20)27-13-14-29-24(23,27)12-11-17-5-8-19(9-6-17)26(3)4/h5-12,15H,13-14,16H2,1-4H3,(H2,25,28). The molecule has 1 amide bonds. The fourth-order valence-corrected chi connectivity index (χ4v) is 4.62. The lowest BCUT2D eigenvalue weighted by Gasteiger charge is -2.39. The third kappa shape index (κ3) is 3.10. The Morgan fingerprint density at radius 3 is 2.59 bits per heavy atom. The molecule has 0 spiro atoms. The van der Waals surface area contributed by atoms with Gasteiger partial charge >= 0.3 is 0 Å². The van der Waals surface area contributed by atoms with Gasteiger partial charge < -0.3 is 20.3 Å². The van der Waals surface area contributed by atoms with Crippen LogP contribution in [-0.2, 0) is 21.4 Å². The second-order valence-corrected chi connectivity index (χ2v) is 8.64. The quantitative estimate of drug-likeness (QED) is 0.850. The van der Waals surface area contributed by atoms with Crippen molar-refractivity contribution in [3.05, 3.63) is 65.2 Å². The van der Waals surface area contributed by atoms with E-state index in [1.54, 1.807) is 0 Å². The summed E-state index contributed by atoms with van der Waals surface area (Å²) < 4.78 is 6.41. The van der Waals surface area contributed by atoms with Gasteiger partial charge in [-0.25, -0.2) is 0 Å². The highest BCUT2D eigenvalue weighted by atomic mass is 16.5. The molecule has 2 aromatic rings. The van der Waals surface area contributed by atoms with Crippen molar-refractivity contribution in [1.82, 2.24) is 0 Å². The number of hydrogen-bond donors (Lipinski definition) is 1. The minimum absolute atomic E-state index is 0.255. The monoisotopic (exact) mass is 391 g/mol. The van der Waals surface area contributed by atoms with E-state index in [0.717, 1.165) is 17.7 Å². The van der Waals surface area contributed by atoms with Gasteiger partial charge in [0.2, 0.25) is 5.91 Å². The number of benzene rings is 2. The van der Waals surface area contributed by atoms with Gasteiger partial charge in [-0.2, -0.15) is 0 Å². The molecular formula is C24H29N3O2. The van der Waals surface area contributed by atoms with Gasteiger partial charge in [0.05, 0.1) is 13.0 Å². The number of nitrogens with zero attached hydrogens (tertiary/aromatic N) is 2. The molecule has 5 nitrogen and oxygen atoms in total. The van der Waals surface area contributed by atoms with Crippen molar-refractivity contribution in [1.29, 1.82) is 0 Å². The Hall–Kier alpha value is -2.79. The number of ether oxygens (including phenoxy) is 1. The number of primary amides is 1. The van der Waals surface area contributed by atoms with Crippen LogP contribution in [0, 0.1) is 0 Å². The van der Waals surface area contributed by atoms with E-state index in [1.165, 1.54) is 16.9 Å². The molecule has 2 aliphatic rings. The van der Waals surface area contributed by atoms with Crippen molar-refractivity contribution in [3.63, 3.8) is 0 Å². The van der Waals surface area contributed by atoms with Crippen molar-refractivity contribution < 1.29 is 9.53 Å². The first-order valence-corrected chi connectivity index (χ1v) is 10.0. The Balaban J connectivity index is 1.71. The van der Waals surface area contributed by atoms with Gasteiger partial charge in [0.25, 0.3) is 0 Å². The van der Waals surface area contributed by atoms with Crippen LogP contribution in [0.4, 0.5) is 11.4 Å². The Labute approximate surface area is 172 Å². The molecule has 0 bridgehead atoms. The van der Waals surface area contributed by atoms with Gasteiger partial charge in [-0.05, 0) is 41.0 Å². The Kier molecular flexibility index (Phi) is 4.66. The van der Waals surface area contributed by atoms with E-state index in [1.807, 2.05) is 20.2 Å². The summed E-state index contributed by atoms with van der Waals surface area (Å²) >= 11 is 0. The second kappa shape index (κ2) is 6.92. The molecule has 2 aliphatic heterocycles. The van der Waals surface area contributed by atoms with Crippen molar-refractivity contribution in [3.8, 4) is 0 Å². The molecule has 29 heavy (non-hydrogen) atoms. The van der Waals surface area contributed by atoms with E-state index in [0.29, 0.717) is 6.61 Å². The zero-order chi connectivity index (χ0) is 20.8. The number of amides is 1. The molecule has 2 aromatic carbocycles. The topological polar surface area (TPSA) is 58.8 Å². The molecule has 0 saturated carbocycles. The maximum atomic E-state index is 11.4. The lowest BCUT2D eigenvalue weighted by atomic mass is 9.76. The maximum Gasteiger partial charge on any atom is 0.221 e.